The number of nitriles is 1. The van der Waals surface area contributed by atoms with E-state index in [0.29, 0.717) is 49.7 Å². The van der Waals surface area contributed by atoms with E-state index in [-0.39, 0.29) is 34.6 Å². The van der Waals surface area contributed by atoms with Crippen LogP contribution in [-0.2, 0) is 11.2 Å². The Kier molecular flexibility index (Phi) is 8.86. The summed E-state index contributed by atoms with van der Waals surface area (Å²) in [6, 6.07) is 13.0. The van der Waals surface area contributed by atoms with Gasteiger partial charge in [0, 0.05) is 44.7 Å². The summed E-state index contributed by atoms with van der Waals surface area (Å²) in [6.45, 7) is 11.7. The van der Waals surface area contributed by atoms with Crippen LogP contribution < -0.4 is 4.74 Å². The van der Waals surface area contributed by atoms with Crippen molar-refractivity contribution in [2.24, 2.45) is 15.4 Å². The lowest BCUT2D eigenvalue weighted by molar-refractivity contribution is -0.141. The second-order valence-electron chi connectivity index (χ2n) is 11.0. The largest absolute Gasteiger partial charge is 0.457 e. The van der Waals surface area contributed by atoms with Crippen molar-refractivity contribution < 1.29 is 18.7 Å². The summed E-state index contributed by atoms with van der Waals surface area (Å²) in [5, 5.41) is 8.98. The Balaban J connectivity index is 1.47. The first-order valence-corrected chi connectivity index (χ1v) is 13.5. The monoisotopic (exact) mass is 558 g/mol. The maximum absolute atomic E-state index is 14.1. The minimum absolute atomic E-state index is 0.0556. The first-order valence-electron chi connectivity index (χ1n) is 13.5. The molecule has 2 aromatic rings. The molecule has 2 saturated heterocycles. The molecule has 2 fully saturated rings. The van der Waals surface area contributed by atoms with E-state index in [4.69, 9.17) is 10.00 Å². The Morgan fingerprint density at radius 3 is 2.51 bits per heavy atom. The van der Waals surface area contributed by atoms with E-state index in [0.717, 1.165) is 12.0 Å². The van der Waals surface area contributed by atoms with Crippen LogP contribution in [0, 0.1) is 22.6 Å². The Morgan fingerprint density at radius 1 is 1.20 bits per heavy atom. The third-order valence-electron chi connectivity index (χ3n) is 7.69. The lowest BCUT2D eigenvalue weighted by Gasteiger charge is -2.48. The Morgan fingerprint density at radius 2 is 1.88 bits per heavy atom. The molecule has 0 aromatic heterocycles. The van der Waals surface area contributed by atoms with E-state index < -0.39 is 5.82 Å². The van der Waals surface area contributed by atoms with Crippen molar-refractivity contribution in [3.05, 3.63) is 76.6 Å². The average Bonchev–Trinajstić information content (AvgIpc) is 3.38. The molecular weight excluding hydrogens is 523 g/mol. The molecule has 2 heterocycles. The quantitative estimate of drug-likeness (QED) is 0.260. The number of carbonyl (C=O) groups is 2. The summed E-state index contributed by atoms with van der Waals surface area (Å²) in [5.41, 5.74) is 1.52. The highest BCUT2D eigenvalue weighted by atomic mass is 19.1. The summed E-state index contributed by atoms with van der Waals surface area (Å²) in [5.74, 6) is 0.388. The molecule has 0 bridgehead atoms. The van der Waals surface area contributed by atoms with E-state index in [9.17, 15) is 14.0 Å². The second kappa shape index (κ2) is 12.3. The van der Waals surface area contributed by atoms with Gasteiger partial charge in [-0.15, -0.1) is 0 Å². The number of hydrogen-bond acceptors (Lipinski definition) is 6. The molecule has 0 aliphatic carbocycles. The molecule has 214 valence electrons. The van der Waals surface area contributed by atoms with Crippen molar-refractivity contribution in [1.82, 2.24) is 14.7 Å². The van der Waals surface area contributed by atoms with Gasteiger partial charge in [-0.25, -0.2) is 9.38 Å². The molecule has 2 amide bonds. The zero-order valence-electron chi connectivity index (χ0n) is 23.9. The minimum Gasteiger partial charge on any atom is -0.457 e. The van der Waals surface area contributed by atoms with Crippen LogP contribution in [0.5, 0.6) is 5.75 Å². The number of aliphatic imine (C=N–C) groups is 2. The third-order valence-corrected chi connectivity index (χ3v) is 7.69. The topological polar surface area (TPSA) is 102 Å². The first kappa shape index (κ1) is 29.5. The summed E-state index contributed by atoms with van der Waals surface area (Å²) in [4.78, 5) is 39.6. The molecule has 2 aliphatic heterocycles. The van der Waals surface area contributed by atoms with Gasteiger partial charge in [0.05, 0.1) is 23.6 Å². The number of amides is 2. The van der Waals surface area contributed by atoms with E-state index in [1.165, 1.54) is 29.4 Å². The fourth-order valence-corrected chi connectivity index (χ4v) is 5.18. The molecule has 1 spiro atoms. The van der Waals surface area contributed by atoms with E-state index in [2.05, 4.69) is 27.7 Å². The molecule has 4 rings (SSSR count). The van der Waals surface area contributed by atoms with Crippen molar-refractivity contribution in [2.75, 3.05) is 33.2 Å². The lowest BCUT2D eigenvalue weighted by atomic mass is 9.79. The number of hydrogen-bond donors (Lipinski definition) is 0. The first-order chi connectivity index (χ1) is 19.6. The lowest BCUT2D eigenvalue weighted by Crippen LogP contribution is -2.59. The predicted octanol–water partition coefficient (Wildman–Crippen LogP) is 4.25. The number of likely N-dealkylation sites (tertiary alicyclic amines) is 2. The fraction of sp³-hybridized carbons (Fsp3) is 0.387. The van der Waals surface area contributed by atoms with Gasteiger partial charge in [-0.2, -0.15) is 5.26 Å². The SMILES string of the molecule is C=N/C=N\C(=C(/C)Oc1ccc(F)cc1C(=O)N(C)C(C)C)N1CCC2(CN(C(=O)Cc3ccc(C#N)cc3)C2)C1. The molecule has 9 nitrogen and oxygen atoms in total. The molecule has 0 atom stereocenters. The summed E-state index contributed by atoms with van der Waals surface area (Å²) >= 11 is 0. The van der Waals surface area contributed by atoms with Crippen molar-refractivity contribution in [3.8, 4) is 11.8 Å². The van der Waals surface area contributed by atoms with Gasteiger partial charge < -0.3 is 19.4 Å². The molecule has 2 aliphatic rings. The van der Waals surface area contributed by atoms with Gasteiger partial charge in [0.2, 0.25) is 5.91 Å². The smallest absolute Gasteiger partial charge is 0.257 e. The van der Waals surface area contributed by atoms with Crippen LogP contribution in [0.4, 0.5) is 4.39 Å². The molecule has 2 aromatic carbocycles. The number of benzene rings is 2. The summed E-state index contributed by atoms with van der Waals surface area (Å²) < 4.78 is 20.3. The van der Waals surface area contributed by atoms with Crippen LogP contribution in [0.2, 0.25) is 0 Å². The van der Waals surface area contributed by atoms with Gasteiger partial charge in [0.1, 0.15) is 23.7 Å². The Labute approximate surface area is 240 Å². The molecular formula is C31H35FN6O3. The molecule has 0 saturated carbocycles. The Bertz CT molecular complexity index is 1420. The normalized spacial score (nSPS) is 16.4. The standard InChI is InChI=1S/C31H35FN6O3/c1-21(2)36(5)30(40)26-15-25(32)10-11-27(26)41-22(3)29(35-20-34-4)37-13-12-31(17-37)18-38(19-31)28(39)14-23-6-8-24(16-33)9-7-23/h6-11,15,20-21H,4,12-14,17-19H2,1-3,5H3/b29-22-,35-20-. The number of allylic oxidation sites excluding steroid dienone is 1. The highest BCUT2D eigenvalue weighted by molar-refractivity contribution is 5.97. The maximum atomic E-state index is 14.1. The number of carbonyl (C=O) groups excluding carboxylic acids is 2. The number of rotatable bonds is 9. The molecule has 10 heteroatoms. The van der Waals surface area contributed by atoms with Crippen LogP contribution >= 0.6 is 0 Å². The summed E-state index contributed by atoms with van der Waals surface area (Å²) in [6.07, 6.45) is 2.51. The van der Waals surface area contributed by atoms with Gasteiger partial charge in [-0.1, -0.05) is 12.1 Å². The van der Waals surface area contributed by atoms with Crippen LogP contribution in [0.15, 0.2) is 64.0 Å². The van der Waals surface area contributed by atoms with Crippen molar-refractivity contribution in [1.29, 1.82) is 5.26 Å². The van der Waals surface area contributed by atoms with Gasteiger partial charge in [0.15, 0.2) is 5.82 Å². The second-order valence-corrected chi connectivity index (χ2v) is 11.0. The van der Waals surface area contributed by atoms with Crippen molar-refractivity contribution in [2.45, 2.75) is 39.7 Å². The average molecular weight is 559 g/mol. The van der Waals surface area contributed by atoms with Crippen LogP contribution in [0.3, 0.4) is 0 Å². The van der Waals surface area contributed by atoms with Crippen LogP contribution in [0.25, 0.3) is 0 Å². The van der Waals surface area contributed by atoms with Crippen molar-refractivity contribution in [3.63, 3.8) is 0 Å². The van der Waals surface area contributed by atoms with Crippen LogP contribution in [0.1, 0.15) is 48.7 Å². The predicted molar refractivity (Wildman–Crippen MR) is 155 cm³/mol. The molecule has 0 unspecified atom stereocenters. The zero-order chi connectivity index (χ0) is 29.7. The minimum atomic E-state index is -0.529. The maximum Gasteiger partial charge on any atom is 0.257 e. The number of halogens is 1. The van der Waals surface area contributed by atoms with Gasteiger partial charge >= 0.3 is 0 Å². The molecule has 0 radical (unpaired) electrons. The van der Waals surface area contributed by atoms with Gasteiger partial charge in [-0.3, -0.25) is 14.6 Å². The third kappa shape index (κ3) is 6.62. The number of ether oxygens (including phenoxy) is 1. The molecule has 0 N–H and O–H groups in total. The van der Waals surface area contributed by atoms with Crippen LogP contribution in [-0.4, -0.2) is 78.8 Å². The van der Waals surface area contributed by atoms with E-state index >= 15 is 0 Å². The zero-order valence-corrected chi connectivity index (χ0v) is 23.9. The highest BCUT2D eigenvalue weighted by Gasteiger charge is 2.49. The van der Waals surface area contributed by atoms with Gasteiger partial charge in [-0.05, 0) is 69.8 Å². The number of nitrogens with zero attached hydrogens (tertiary/aromatic N) is 6. The summed E-state index contributed by atoms with van der Waals surface area (Å²) in [7, 11) is 1.66. The van der Waals surface area contributed by atoms with Gasteiger partial charge in [0.25, 0.3) is 5.91 Å². The van der Waals surface area contributed by atoms with Crippen molar-refractivity contribution >= 4 is 24.9 Å². The Hall–Kier alpha value is -4.52. The fourth-order valence-electron chi connectivity index (χ4n) is 5.18. The molecule has 41 heavy (non-hydrogen) atoms. The van der Waals surface area contributed by atoms with E-state index in [1.54, 1.807) is 26.1 Å². The van der Waals surface area contributed by atoms with E-state index in [1.807, 2.05) is 30.9 Å². The highest BCUT2D eigenvalue weighted by Crippen LogP contribution is 2.41.